The van der Waals surface area contributed by atoms with Gasteiger partial charge >= 0.3 is 0 Å². The van der Waals surface area contributed by atoms with E-state index in [1.54, 1.807) is 4.90 Å². The van der Waals surface area contributed by atoms with Crippen molar-refractivity contribution in [2.75, 3.05) is 26.8 Å². The van der Waals surface area contributed by atoms with E-state index in [0.29, 0.717) is 31.9 Å². The van der Waals surface area contributed by atoms with E-state index in [4.69, 9.17) is 9.47 Å². The minimum Gasteiger partial charge on any atom is -0.496 e. The molecule has 5 nitrogen and oxygen atoms in total. The third-order valence-corrected chi connectivity index (χ3v) is 4.55. The van der Waals surface area contributed by atoms with E-state index < -0.39 is 17.5 Å². The molecular formula is C16H20FNO4. The first-order valence-electron chi connectivity index (χ1n) is 7.50. The fraction of sp³-hybridized carbons (Fsp3) is 0.562. The molecule has 0 aromatic heterocycles. The Morgan fingerprint density at radius 3 is 3.05 bits per heavy atom. The summed E-state index contributed by atoms with van der Waals surface area (Å²) in [6.45, 7) is 1.35. The summed E-state index contributed by atoms with van der Waals surface area (Å²) in [6, 6.07) is 3.90. The van der Waals surface area contributed by atoms with E-state index in [1.807, 2.05) is 0 Å². The molecule has 2 saturated heterocycles. The van der Waals surface area contributed by atoms with Gasteiger partial charge in [-0.25, -0.2) is 4.39 Å². The number of hydrogen-bond donors (Lipinski definition) is 1. The smallest absolute Gasteiger partial charge is 0.257 e. The van der Waals surface area contributed by atoms with E-state index in [2.05, 4.69) is 0 Å². The van der Waals surface area contributed by atoms with Crippen LogP contribution in [0.3, 0.4) is 0 Å². The van der Waals surface area contributed by atoms with Gasteiger partial charge in [0.25, 0.3) is 5.91 Å². The topological polar surface area (TPSA) is 59.0 Å². The molecule has 2 aliphatic heterocycles. The van der Waals surface area contributed by atoms with E-state index in [-0.39, 0.29) is 11.5 Å². The normalized spacial score (nSPS) is 28.1. The summed E-state index contributed by atoms with van der Waals surface area (Å²) in [4.78, 5) is 14.3. The molecule has 1 N–H and O–H groups in total. The summed E-state index contributed by atoms with van der Waals surface area (Å²) in [6.07, 6.45) is 1.51. The number of benzene rings is 1. The van der Waals surface area contributed by atoms with Crippen LogP contribution in [0.2, 0.25) is 0 Å². The Morgan fingerprint density at radius 1 is 1.55 bits per heavy atom. The first-order valence-corrected chi connectivity index (χ1v) is 7.50. The Bertz CT molecular complexity index is 571. The van der Waals surface area contributed by atoms with Crippen LogP contribution < -0.4 is 4.74 Å². The third kappa shape index (κ3) is 2.57. The molecule has 0 radical (unpaired) electrons. The van der Waals surface area contributed by atoms with Gasteiger partial charge in [0.2, 0.25) is 0 Å². The molecule has 1 aromatic rings. The molecule has 0 saturated carbocycles. The van der Waals surface area contributed by atoms with Crippen LogP contribution in [0.5, 0.6) is 5.75 Å². The molecule has 2 fully saturated rings. The van der Waals surface area contributed by atoms with Gasteiger partial charge in [0, 0.05) is 13.2 Å². The van der Waals surface area contributed by atoms with Crippen molar-refractivity contribution < 1.29 is 23.8 Å². The molecule has 2 aliphatic rings. The maximum atomic E-state index is 13.5. The fourth-order valence-electron chi connectivity index (χ4n) is 3.35. The van der Waals surface area contributed by atoms with Crippen molar-refractivity contribution in [3.63, 3.8) is 0 Å². The summed E-state index contributed by atoms with van der Waals surface area (Å²) in [5.41, 5.74) is -0.471. The quantitative estimate of drug-likeness (QED) is 0.901. The van der Waals surface area contributed by atoms with Gasteiger partial charge in [0.1, 0.15) is 17.2 Å². The standard InChI is InChI=1S/C16H20FNO4/c1-21-13-4-3-11(17)9-12(13)15(20)18-7-5-14(19)16(10-18)6-2-8-22-16/h3-4,9,14,19H,2,5-8,10H2,1H3/t14-,16-/m0/s1. The number of hydrogen-bond acceptors (Lipinski definition) is 4. The molecule has 0 bridgehead atoms. The highest BCUT2D eigenvalue weighted by molar-refractivity contribution is 5.97. The second-order valence-electron chi connectivity index (χ2n) is 5.89. The fourth-order valence-corrected chi connectivity index (χ4v) is 3.35. The molecule has 1 amide bonds. The van der Waals surface area contributed by atoms with Crippen LogP contribution >= 0.6 is 0 Å². The van der Waals surface area contributed by atoms with Crippen LogP contribution in [0.15, 0.2) is 18.2 Å². The zero-order valence-electron chi connectivity index (χ0n) is 12.5. The number of carbonyl (C=O) groups is 1. The van der Waals surface area contributed by atoms with Crippen molar-refractivity contribution in [3.8, 4) is 5.75 Å². The minimum absolute atomic E-state index is 0.201. The van der Waals surface area contributed by atoms with Crippen molar-refractivity contribution in [1.29, 1.82) is 0 Å². The summed E-state index contributed by atoms with van der Waals surface area (Å²) >= 11 is 0. The number of rotatable bonds is 2. The van der Waals surface area contributed by atoms with E-state index in [9.17, 15) is 14.3 Å². The van der Waals surface area contributed by atoms with Crippen molar-refractivity contribution in [2.45, 2.75) is 31.0 Å². The Morgan fingerprint density at radius 2 is 2.36 bits per heavy atom. The van der Waals surface area contributed by atoms with Crippen molar-refractivity contribution in [2.24, 2.45) is 0 Å². The van der Waals surface area contributed by atoms with Crippen molar-refractivity contribution in [3.05, 3.63) is 29.6 Å². The first-order chi connectivity index (χ1) is 10.6. The van der Waals surface area contributed by atoms with Crippen molar-refractivity contribution in [1.82, 2.24) is 4.90 Å². The Hall–Kier alpha value is -1.66. The summed E-state index contributed by atoms with van der Waals surface area (Å²) in [5.74, 6) is -0.426. The van der Waals surface area contributed by atoms with Gasteiger partial charge in [-0.2, -0.15) is 0 Å². The monoisotopic (exact) mass is 309 g/mol. The van der Waals surface area contributed by atoms with Crippen molar-refractivity contribution >= 4 is 5.91 Å². The molecule has 0 unspecified atom stereocenters. The maximum Gasteiger partial charge on any atom is 0.257 e. The van der Waals surface area contributed by atoms with Crippen LogP contribution in [0.4, 0.5) is 4.39 Å². The SMILES string of the molecule is COc1ccc(F)cc1C(=O)N1CC[C@H](O)[C@]2(CCCO2)C1. The van der Waals surface area contributed by atoms with Crippen LogP contribution in [0.25, 0.3) is 0 Å². The van der Waals surface area contributed by atoms with E-state index in [1.165, 1.54) is 25.3 Å². The van der Waals surface area contributed by atoms with Gasteiger partial charge in [-0.1, -0.05) is 0 Å². The summed E-state index contributed by atoms with van der Waals surface area (Å²) in [7, 11) is 1.45. The molecule has 2 heterocycles. The molecule has 1 spiro atoms. The second kappa shape index (κ2) is 5.85. The number of likely N-dealkylation sites (tertiary alicyclic amines) is 1. The predicted molar refractivity (Wildman–Crippen MR) is 77.4 cm³/mol. The zero-order chi connectivity index (χ0) is 15.7. The molecular weight excluding hydrogens is 289 g/mol. The number of carbonyl (C=O) groups excluding carboxylic acids is 1. The summed E-state index contributed by atoms with van der Waals surface area (Å²) in [5, 5.41) is 10.2. The molecule has 1 aromatic carbocycles. The number of aliphatic hydroxyl groups excluding tert-OH is 1. The number of aliphatic hydroxyl groups is 1. The number of ether oxygens (including phenoxy) is 2. The summed E-state index contributed by atoms with van der Waals surface area (Å²) < 4.78 is 24.4. The van der Waals surface area contributed by atoms with Crippen LogP contribution in [0, 0.1) is 5.82 Å². The Kier molecular flexibility index (Phi) is 4.06. The number of methoxy groups -OCH3 is 1. The van der Waals surface area contributed by atoms with Gasteiger partial charge < -0.3 is 19.5 Å². The highest BCUT2D eigenvalue weighted by Gasteiger charge is 2.47. The van der Waals surface area contributed by atoms with E-state index >= 15 is 0 Å². The molecule has 3 rings (SSSR count). The van der Waals surface area contributed by atoms with Crippen LogP contribution in [-0.4, -0.2) is 54.4 Å². The van der Waals surface area contributed by atoms with Gasteiger partial charge in [0.05, 0.1) is 25.3 Å². The molecule has 120 valence electrons. The van der Waals surface area contributed by atoms with E-state index in [0.717, 1.165) is 12.8 Å². The highest BCUT2D eigenvalue weighted by Crippen LogP contribution is 2.35. The average Bonchev–Trinajstić information content (AvgIpc) is 2.99. The molecule has 0 aliphatic carbocycles. The third-order valence-electron chi connectivity index (χ3n) is 4.55. The number of piperidine rings is 1. The predicted octanol–water partition coefficient (Wildman–Crippen LogP) is 1.59. The average molecular weight is 309 g/mol. The van der Waals surface area contributed by atoms with Gasteiger partial charge in [-0.3, -0.25) is 4.79 Å². The maximum absolute atomic E-state index is 13.5. The lowest BCUT2D eigenvalue weighted by Crippen LogP contribution is -2.57. The highest BCUT2D eigenvalue weighted by atomic mass is 19.1. The lowest BCUT2D eigenvalue weighted by atomic mass is 9.86. The Labute approximate surface area is 128 Å². The minimum atomic E-state index is -0.672. The van der Waals surface area contributed by atoms with Gasteiger partial charge in [-0.15, -0.1) is 0 Å². The van der Waals surface area contributed by atoms with Crippen LogP contribution in [0.1, 0.15) is 29.6 Å². The molecule has 2 atom stereocenters. The molecule has 22 heavy (non-hydrogen) atoms. The largest absolute Gasteiger partial charge is 0.496 e. The lowest BCUT2D eigenvalue weighted by molar-refractivity contribution is -0.124. The zero-order valence-corrected chi connectivity index (χ0v) is 12.5. The number of nitrogens with zero attached hydrogens (tertiary/aromatic N) is 1. The second-order valence-corrected chi connectivity index (χ2v) is 5.89. The number of halogens is 1. The van der Waals surface area contributed by atoms with Crippen LogP contribution in [-0.2, 0) is 4.74 Å². The molecule has 6 heteroatoms. The van der Waals surface area contributed by atoms with Gasteiger partial charge in [0.15, 0.2) is 0 Å². The Balaban J connectivity index is 1.85. The number of amides is 1. The van der Waals surface area contributed by atoms with Gasteiger partial charge in [-0.05, 0) is 37.5 Å². The lowest BCUT2D eigenvalue weighted by Gasteiger charge is -2.43. The first kappa shape index (κ1) is 15.2.